The molecular formula is C22H27F2N5O5. The van der Waals surface area contributed by atoms with Crippen LogP contribution in [0.2, 0.25) is 0 Å². The number of rotatable bonds is 10. The summed E-state index contributed by atoms with van der Waals surface area (Å²) in [7, 11) is 0. The maximum absolute atomic E-state index is 14.1. The van der Waals surface area contributed by atoms with Gasteiger partial charge < -0.3 is 20.6 Å². The second-order valence-corrected chi connectivity index (χ2v) is 7.63. The third-order valence-corrected chi connectivity index (χ3v) is 4.40. The third kappa shape index (κ3) is 8.20. The highest BCUT2D eigenvalue weighted by molar-refractivity contribution is 5.93. The van der Waals surface area contributed by atoms with Crippen LogP contribution >= 0.6 is 0 Å². The van der Waals surface area contributed by atoms with E-state index in [1.165, 1.54) is 43.3 Å². The zero-order valence-electron chi connectivity index (χ0n) is 18.9. The molecule has 0 saturated heterocycles. The van der Waals surface area contributed by atoms with Crippen LogP contribution < -0.4 is 26.4 Å². The lowest BCUT2D eigenvalue weighted by atomic mass is 10.2. The Balaban J connectivity index is 1.97. The van der Waals surface area contributed by atoms with Crippen LogP contribution in [0.3, 0.4) is 0 Å². The third-order valence-electron chi connectivity index (χ3n) is 4.40. The van der Waals surface area contributed by atoms with E-state index in [0.29, 0.717) is 10.5 Å². The fraction of sp³-hybridized carbons (Fsp3) is 0.318. The van der Waals surface area contributed by atoms with Gasteiger partial charge in [-0.15, -0.1) is 5.53 Å². The van der Waals surface area contributed by atoms with Crippen LogP contribution in [0, 0.1) is 17.6 Å². The quantitative estimate of drug-likeness (QED) is 0.331. The Morgan fingerprint density at radius 1 is 1.03 bits per heavy atom. The highest BCUT2D eigenvalue weighted by Crippen LogP contribution is 2.21. The lowest BCUT2D eigenvalue weighted by molar-refractivity contribution is -0.141. The van der Waals surface area contributed by atoms with E-state index >= 15 is 0 Å². The summed E-state index contributed by atoms with van der Waals surface area (Å²) < 4.78 is 32.4. The van der Waals surface area contributed by atoms with Crippen molar-refractivity contribution in [3.63, 3.8) is 0 Å². The number of benzene rings is 2. The van der Waals surface area contributed by atoms with Gasteiger partial charge in [0.25, 0.3) is 0 Å². The van der Waals surface area contributed by atoms with Gasteiger partial charge in [-0.05, 0) is 43.7 Å². The first kappa shape index (κ1) is 26.3. The molecule has 0 bridgehead atoms. The number of ether oxygens (including phenoxy) is 1. The Morgan fingerprint density at radius 2 is 1.71 bits per heavy atom. The van der Waals surface area contributed by atoms with Gasteiger partial charge in [-0.1, -0.05) is 19.1 Å². The summed E-state index contributed by atoms with van der Waals surface area (Å²) in [4.78, 5) is 37.0. The van der Waals surface area contributed by atoms with Gasteiger partial charge in [0.05, 0.1) is 17.7 Å². The van der Waals surface area contributed by atoms with Crippen molar-refractivity contribution in [1.82, 2.24) is 21.2 Å². The number of aliphatic carboxylic acids is 1. The van der Waals surface area contributed by atoms with Crippen molar-refractivity contribution in [3.05, 3.63) is 59.7 Å². The maximum atomic E-state index is 14.1. The molecule has 0 heterocycles. The first-order chi connectivity index (χ1) is 16.1. The predicted octanol–water partition coefficient (Wildman–Crippen LogP) is 3.23. The van der Waals surface area contributed by atoms with Gasteiger partial charge in [-0.25, -0.2) is 23.3 Å². The van der Waals surface area contributed by atoms with Gasteiger partial charge in [0.2, 0.25) is 0 Å². The molecule has 0 aromatic heterocycles. The Bertz CT molecular complexity index is 1000. The van der Waals surface area contributed by atoms with Crippen LogP contribution in [0.25, 0.3) is 0 Å². The lowest BCUT2D eigenvalue weighted by Gasteiger charge is -2.24. The van der Waals surface area contributed by atoms with Crippen molar-refractivity contribution in [2.45, 2.75) is 33.4 Å². The summed E-state index contributed by atoms with van der Waals surface area (Å²) in [6, 6.07) is 7.58. The smallest absolute Gasteiger partial charge is 0.341 e. The summed E-state index contributed by atoms with van der Waals surface area (Å²) in [5.74, 6) is -3.24. The normalized spacial score (nSPS) is 11.5. The highest BCUT2D eigenvalue weighted by Gasteiger charge is 2.26. The van der Waals surface area contributed by atoms with Gasteiger partial charge in [-0.2, -0.15) is 0 Å². The number of amides is 4. The molecular weight excluding hydrogens is 452 g/mol. The predicted molar refractivity (Wildman–Crippen MR) is 120 cm³/mol. The van der Waals surface area contributed by atoms with E-state index in [1.54, 1.807) is 13.8 Å². The van der Waals surface area contributed by atoms with Crippen LogP contribution in [0.15, 0.2) is 42.5 Å². The fourth-order valence-electron chi connectivity index (χ4n) is 2.64. The van der Waals surface area contributed by atoms with Crippen LogP contribution in [-0.2, 0) is 11.3 Å². The van der Waals surface area contributed by atoms with E-state index in [4.69, 9.17) is 9.84 Å². The van der Waals surface area contributed by atoms with Gasteiger partial charge in [0.1, 0.15) is 5.82 Å². The zero-order valence-corrected chi connectivity index (χ0v) is 18.9. The van der Waals surface area contributed by atoms with Gasteiger partial charge in [0, 0.05) is 19.2 Å². The molecule has 0 saturated carbocycles. The standard InChI is InChI=1S/C22H27F2N5O5/c1-13(2)34-19-9-8-17(10-18(19)24)26-28-27-22(33)29(12-14(3)20(30)31)21(32)25-11-15-4-6-16(23)7-5-15/h4-10,13-14,26,28H,11-12H2,1-3H3,(H,25,32)(H,27,33)(H,30,31)/t14-/m0/s1. The summed E-state index contributed by atoms with van der Waals surface area (Å²) in [6.07, 6.45) is -0.209. The van der Waals surface area contributed by atoms with Crippen molar-refractivity contribution in [3.8, 4) is 5.75 Å². The molecule has 12 heteroatoms. The van der Waals surface area contributed by atoms with Crippen LogP contribution in [-0.4, -0.2) is 40.7 Å². The number of anilines is 1. The number of hydrogen-bond donors (Lipinski definition) is 5. The number of nitrogens with zero attached hydrogens (tertiary/aromatic N) is 1. The highest BCUT2D eigenvalue weighted by atomic mass is 19.1. The van der Waals surface area contributed by atoms with Gasteiger partial charge >= 0.3 is 18.0 Å². The number of carboxylic acids is 1. The molecule has 0 aliphatic rings. The molecule has 2 aromatic rings. The number of carboxylic acid groups (broad SMARTS) is 1. The van der Waals surface area contributed by atoms with Crippen molar-refractivity contribution in [1.29, 1.82) is 0 Å². The molecule has 10 nitrogen and oxygen atoms in total. The number of imide groups is 1. The van der Waals surface area contributed by atoms with Crippen molar-refractivity contribution < 1.29 is 33.0 Å². The van der Waals surface area contributed by atoms with Crippen LogP contribution in [0.1, 0.15) is 26.3 Å². The number of carbonyl (C=O) groups is 3. The molecule has 4 amide bonds. The molecule has 0 radical (unpaired) electrons. The summed E-state index contributed by atoms with van der Waals surface area (Å²) in [5, 5.41) is 11.6. The topological polar surface area (TPSA) is 132 Å². The Morgan fingerprint density at radius 3 is 2.29 bits per heavy atom. The number of halogens is 2. The molecule has 0 aliphatic carbocycles. The molecule has 0 fully saturated rings. The van der Waals surface area contributed by atoms with E-state index < -0.39 is 42.1 Å². The molecule has 5 N–H and O–H groups in total. The number of hydrogen-bond acceptors (Lipinski definition) is 6. The molecule has 2 aromatic carbocycles. The van der Waals surface area contributed by atoms with E-state index in [0.717, 1.165) is 6.07 Å². The molecule has 0 aliphatic heterocycles. The van der Waals surface area contributed by atoms with Crippen molar-refractivity contribution in [2.24, 2.45) is 5.92 Å². The first-order valence-electron chi connectivity index (χ1n) is 10.4. The Labute approximate surface area is 195 Å². The zero-order chi connectivity index (χ0) is 25.3. The summed E-state index contributed by atoms with van der Waals surface area (Å²) >= 11 is 0. The summed E-state index contributed by atoms with van der Waals surface area (Å²) in [6.45, 7) is 4.42. The number of urea groups is 2. The lowest BCUT2D eigenvalue weighted by Crippen LogP contribution is -2.54. The molecule has 0 spiro atoms. The SMILES string of the molecule is CC(C)Oc1ccc(NNNC(=O)N(C[C@H](C)C(=O)O)C(=O)NCc2ccc(F)cc2)cc1F. The summed E-state index contributed by atoms with van der Waals surface area (Å²) in [5.41, 5.74) is 7.91. The fourth-order valence-corrected chi connectivity index (χ4v) is 2.64. The van der Waals surface area contributed by atoms with E-state index in [-0.39, 0.29) is 24.1 Å². The Hall–Kier alpha value is -3.93. The molecule has 1 atom stereocenters. The largest absolute Gasteiger partial charge is 0.488 e. The van der Waals surface area contributed by atoms with E-state index in [1.807, 2.05) is 0 Å². The monoisotopic (exact) mass is 479 g/mol. The first-order valence-corrected chi connectivity index (χ1v) is 10.4. The molecule has 0 unspecified atom stereocenters. The number of hydrazine groups is 2. The van der Waals surface area contributed by atoms with E-state index in [2.05, 4.69) is 21.7 Å². The second kappa shape index (κ2) is 12.3. The minimum Gasteiger partial charge on any atom is -0.488 e. The van der Waals surface area contributed by atoms with Gasteiger partial charge in [-0.3, -0.25) is 10.2 Å². The molecule has 2 rings (SSSR count). The minimum atomic E-state index is -1.20. The van der Waals surface area contributed by atoms with Crippen molar-refractivity contribution >= 4 is 23.7 Å². The average molecular weight is 479 g/mol. The van der Waals surface area contributed by atoms with Crippen molar-refractivity contribution in [2.75, 3.05) is 12.0 Å². The van der Waals surface area contributed by atoms with Gasteiger partial charge in [0.15, 0.2) is 11.6 Å². The number of carbonyl (C=O) groups excluding carboxylic acids is 2. The maximum Gasteiger partial charge on any atom is 0.341 e. The van der Waals surface area contributed by atoms with Crippen LogP contribution in [0.5, 0.6) is 5.75 Å². The molecule has 184 valence electrons. The number of nitrogens with one attached hydrogen (secondary N) is 4. The van der Waals surface area contributed by atoms with E-state index in [9.17, 15) is 23.2 Å². The van der Waals surface area contributed by atoms with Crippen LogP contribution in [0.4, 0.5) is 24.1 Å². The second-order valence-electron chi connectivity index (χ2n) is 7.63. The minimum absolute atomic E-state index is 0.0138. The molecule has 34 heavy (non-hydrogen) atoms. The average Bonchev–Trinajstić information content (AvgIpc) is 2.78. The Kier molecular flexibility index (Phi) is 9.56.